The lowest BCUT2D eigenvalue weighted by Gasteiger charge is -2.25. The van der Waals surface area contributed by atoms with E-state index < -0.39 is 6.09 Å². The third-order valence-electron chi connectivity index (χ3n) is 6.53. The first kappa shape index (κ1) is 22.8. The van der Waals surface area contributed by atoms with E-state index in [0.717, 1.165) is 47.2 Å². The number of carbonyl (C=O) groups excluding carboxylic acids is 2. The number of hydrogen-bond acceptors (Lipinski definition) is 4. The van der Waals surface area contributed by atoms with Gasteiger partial charge in [0.05, 0.1) is 19.3 Å². The van der Waals surface area contributed by atoms with Crippen molar-refractivity contribution in [3.8, 4) is 5.75 Å². The van der Waals surface area contributed by atoms with Gasteiger partial charge in [-0.15, -0.1) is 0 Å². The molecule has 0 aromatic heterocycles. The van der Waals surface area contributed by atoms with E-state index in [9.17, 15) is 19.5 Å². The number of carbonyl (C=O) groups is 3. The number of benzene rings is 2. The lowest BCUT2D eigenvalue weighted by molar-refractivity contribution is -0.118. The van der Waals surface area contributed by atoms with Gasteiger partial charge in [-0.25, -0.2) is 4.79 Å². The number of nitrogens with zero attached hydrogens (tertiary/aromatic N) is 2. The van der Waals surface area contributed by atoms with E-state index in [1.807, 2.05) is 41.3 Å². The number of anilines is 1. The number of para-hydroxylation sites is 1. The van der Waals surface area contributed by atoms with Gasteiger partial charge in [-0.2, -0.15) is 0 Å². The van der Waals surface area contributed by atoms with Crippen LogP contribution in [0, 0.1) is 0 Å². The highest BCUT2D eigenvalue weighted by Crippen LogP contribution is 2.37. The number of Topliss-reactive ketones (excluding diaryl/α,β-unsaturated/α-hetero) is 1. The molecule has 0 radical (unpaired) electrons. The average Bonchev–Trinajstić information content (AvgIpc) is 3.25. The molecule has 1 N–H and O–H groups in total. The summed E-state index contributed by atoms with van der Waals surface area (Å²) in [5.74, 6) is 0.977. The summed E-state index contributed by atoms with van der Waals surface area (Å²) in [7, 11) is 1.58. The Balaban J connectivity index is 1.27. The first-order valence-corrected chi connectivity index (χ1v) is 11.6. The fourth-order valence-electron chi connectivity index (χ4n) is 4.81. The van der Waals surface area contributed by atoms with Crippen LogP contribution < -0.4 is 9.64 Å². The maximum Gasteiger partial charge on any atom is 0.407 e. The standard InChI is InChI=1S/C26H30N2O5/c1-33-23-9-5-4-7-20(23)17-27(26(31)32)13-6-2-3-8-22(29)21-15-18-10-11-24(30)28-14-12-19(16-21)25(18)28/h4-5,7,9,15-16H,2-3,6,8,10-14,17H2,1H3,(H,31,32). The molecule has 0 atom stereocenters. The third-order valence-corrected chi connectivity index (χ3v) is 6.53. The quantitative estimate of drug-likeness (QED) is 0.427. The van der Waals surface area contributed by atoms with Crippen molar-refractivity contribution < 1.29 is 24.2 Å². The summed E-state index contributed by atoms with van der Waals surface area (Å²) in [6, 6.07) is 11.3. The topological polar surface area (TPSA) is 87.2 Å². The van der Waals surface area contributed by atoms with E-state index in [1.165, 1.54) is 4.90 Å². The van der Waals surface area contributed by atoms with E-state index >= 15 is 0 Å². The molecule has 0 bridgehead atoms. The molecule has 0 spiro atoms. The number of amides is 2. The molecule has 2 amide bonds. The minimum atomic E-state index is -0.961. The van der Waals surface area contributed by atoms with Gasteiger partial charge >= 0.3 is 6.09 Å². The highest BCUT2D eigenvalue weighted by Gasteiger charge is 2.31. The molecular weight excluding hydrogens is 420 g/mol. The number of methoxy groups -OCH3 is 1. The Bertz CT molecular complexity index is 1060. The van der Waals surface area contributed by atoms with Gasteiger partial charge in [-0.1, -0.05) is 24.6 Å². The predicted octanol–water partition coefficient (Wildman–Crippen LogP) is 4.45. The molecule has 0 aliphatic carbocycles. The van der Waals surface area contributed by atoms with Crippen molar-refractivity contribution in [1.82, 2.24) is 4.90 Å². The molecule has 0 unspecified atom stereocenters. The van der Waals surface area contributed by atoms with Crippen LogP contribution in [0.3, 0.4) is 0 Å². The van der Waals surface area contributed by atoms with Crippen molar-refractivity contribution in [1.29, 1.82) is 0 Å². The summed E-state index contributed by atoms with van der Waals surface area (Å²) < 4.78 is 5.32. The molecule has 0 saturated heterocycles. The Hall–Kier alpha value is -3.35. The minimum absolute atomic E-state index is 0.119. The second-order valence-electron chi connectivity index (χ2n) is 8.69. The number of aryl methyl sites for hydroxylation is 1. The lowest BCUT2D eigenvalue weighted by Crippen LogP contribution is -2.32. The summed E-state index contributed by atoms with van der Waals surface area (Å²) in [5.41, 5.74) is 4.83. The summed E-state index contributed by atoms with van der Waals surface area (Å²) in [6.07, 6.45) is 3.71. The minimum Gasteiger partial charge on any atom is -0.496 e. The molecule has 7 nitrogen and oxygen atoms in total. The monoisotopic (exact) mass is 450 g/mol. The van der Waals surface area contributed by atoms with E-state index in [-0.39, 0.29) is 18.2 Å². The maximum absolute atomic E-state index is 12.8. The second kappa shape index (κ2) is 10.1. The van der Waals surface area contributed by atoms with Crippen LogP contribution in [0.15, 0.2) is 36.4 Å². The van der Waals surface area contributed by atoms with Crippen LogP contribution in [0.5, 0.6) is 5.75 Å². The Morgan fingerprint density at radius 1 is 1.06 bits per heavy atom. The van der Waals surface area contributed by atoms with Gasteiger partial charge in [0.25, 0.3) is 0 Å². The second-order valence-corrected chi connectivity index (χ2v) is 8.69. The molecule has 2 heterocycles. The fraction of sp³-hybridized carbons (Fsp3) is 0.423. The third kappa shape index (κ3) is 5.02. The summed E-state index contributed by atoms with van der Waals surface area (Å²) in [6.45, 7) is 1.40. The Labute approximate surface area is 193 Å². The van der Waals surface area contributed by atoms with Gasteiger partial charge < -0.3 is 19.6 Å². The Morgan fingerprint density at radius 2 is 1.82 bits per heavy atom. The van der Waals surface area contributed by atoms with Crippen molar-refractivity contribution in [2.45, 2.75) is 51.5 Å². The van der Waals surface area contributed by atoms with Crippen molar-refractivity contribution in [2.75, 3.05) is 25.1 Å². The van der Waals surface area contributed by atoms with Gasteiger partial charge in [0.15, 0.2) is 5.78 Å². The molecule has 7 heteroatoms. The van der Waals surface area contributed by atoms with Crippen molar-refractivity contribution in [3.05, 3.63) is 58.7 Å². The zero-order chi connectivity index (χ0) is 23.4. The van der Waals surface area contributed by atoms with E-state index in [4.69, 9.17) is 4.74 Å². The van der Waals surface area contributed by atoms with Crippen molar-refractivity contribution in [3.63, 3.8) is 0 Å². The van der Waals surface area contributed by atoms with Crippen LogP contribution in [0.4, 0.5) is 10.5 Å². The SMILES string of the molecule is COc1ccccc1CN(CCCCCC(=O)c1cc2c3c(c1)CCN3C(=O)CC2)C(=O)O. The molecule has 0 saturated carbocycles. The van der Waals surface area contributed by atoms with Crippen LogP contribution in [-0.2, 0) is 24.2 Å². The van der Waals surface area contributed by atoms with Gasteiger partial charge in [0, 0.05) is 37.1 Å². The summed E-state index contributed by atoms with van der Waals surface area (Å²) in [4.78, 5) is 39.8. The summed E-state index contributed by atoms with van der Waals surface area (Å²) >= 11 is 0. The molecule has 174 valence electrons. The maximum atomic E-state index is 12.8. The molecule has 0 fully saturated rings. The fourth-order valence-corrected chi connectivity index (χ4v) is 4.81. The molecule has 2 aliphatic rings. The number of rotatable bonds is 10. The van der Waals surface area contributed by atoms with Crippen LogP contribution in [0.25, 0.3) is 0 Å². The van der Waals surface area contributed by atoms with Gasteiger partial charge in [0.2, 0.25) is 5.91 Å². The normalized spacial score (nSPS) is 14.2. The Morgan fingerprint density at radius 3 is 2.58 bits per heavy atom. The number of hydrogen-bond donors (Lipinski definition) is 1. The largest absolute Gasteiger partial charge is 0.496 e. The van der Waals surface area contributed by atoms with Crippen molar-refractivity contribution >= 4 is 23.5 Å². The average molecular weight is 451 g/mol. The van der Waals surface area contributed by atoms with Gasteiger partial charge in [-0.05, 0) is 55.0 Å². The van der Waals surface area contributed by atoms with Crippen LogP contribution in [0.1, 0.15) is 59.2 Å². The molecule has 33 heavy (non-hydrogen) atoms. The molecule has 2 aromatic carbocycles. The van der Waals surface area contributed by atoms with Crippen LogP contribution >= 0.6 is 0 Å². The molecule has 2 aliphatic heterocycles. The Kier molecular flexibility index (Phi) is 6.96. The first-order valence-electron chi connectivity index (χ1n) is 11.6. The number of ketones is 1. The highest BCUT2D eigenvalue weighted by molar-refractivity contribution is 6.02. The molecule has 4 rings (SSSR count). The number of unbranched alkanes of at least 4 members (excludes halogenated alkanes) is 2. The first-order chi connectivity index (χ1) is 16.0. The van der Waals surface area contributed by atoms with Gasteiger partial charge in [0.1, 0.15) is 5.75 Å². The smallest absolute Gasteiger partial charge is 0.407 e. The van der Waals surface area contributed by atoms with Gasteiger partial charge in [-0.3, -0.25) is 9.59 Å². The van der Waals surface area contributed by atoms with Crippen LogP contribution in [-0.4, -0.2) is 48.0 Å². The lowest BCUT2D eigenvalue weighted by atomic mass is 9.94. The van der Waals surface area contributed by atoms with Crippen molar-refractivity contribution in [2.24, 2.45) is 0 Å². The highest BCUT2D eigenvalue weighted by atomic mass is 16.5. The zero-order valence-corrected chi connectivity index (χ0v) is 19.0. The molecular formula is C26H30N2O5. The molecule has 2 aromatic rings. The van der Waals surface area contributed by atoms with E-state index in [1.54, 1.807) is 7.11 Å². The predicted molar refractivity (Wildman–Crippen MR) is 125 cm³/mol. The van der Waals surface area contributed by atoms with E-state index in [0.29, 0.717) is 44.5 Å². The number of ether oxygens (including phenoxy) is 1. The zero-order valence-electron chi connectivity index (χ0n) is 19.0. The van der Waals surface area contributed by atoms with E-state index in [2.05, 4.69) is 0 Å². The summed E-state index contributed by atoms with van der Waals surface area (Å²) in [5, 5.41) is 9.56. The number of carboxylic acid groups (broad SMARTS) is 1. The van der Waals surface area contributed by atoms with Crippen LogP contribution in [0.2, 0.25) is 0 Å².